The van der Waals surface area contributed by atoms with E-state index in [0.717, 1.165) is 12.2 Å². The number of carboxylic acids is 1. The van der Waals surface area contributed by atoms with Crippen LogP contribution >= 0.6 is 11.8 Å². The summed E-state index contributed by atoms with van der Waals surface area (Å²) in [5, 5.41) is 12.1. The number of thioether (sulfide) groups is 1. The van der Waals surface area contributed by atoms with Crippen LogP contribution in [0.2, 0.25) is 0 Å². The van der Waals surface area contributed by atoms with E-state index >= 15 is 0 Å². The zero-order valence-corrected chi connectivity index (χ0v) is 12.8. The molecular weight excluding hydrogens is 250 g/mol. The van der Waals surface area contributed by atoms with Gasteiger partial charge in [0.2, 0.25) is 5.91 Å². The molecular formula is C13H25NO3S. The highest BCUT2D eigenvalue weighted by atomic mass is 32.2. The van der Waals surface area contributed by atoms with Gasteiger partial charge in [-0.3, -0.25) is 9.59 Å². The van der Waals surface area contributed by atoms with Crippen molar-refractivity contribution in [2.75, 3.05) is 12.0 Å². The highest BCUT2D eigenvalue weighted by Gasteiger charge is 2.38. The fraction of sp³-hybridized carbons (Fsp3) is 0.846. The Labute approximate surface area is 114 Å². The molecule has 0 aromatic carbocycles. The predicted octanol–water partition coefficient (Wildman–Crippen LogP) is 2.38. The summed E-state index contributed by atoms with van der Waals surface area (Å²) in [5.74, 6) is -0.184. The fourth-order valence-corrected chi connectivity index (χ4v) is 2.14. The Bertz CT molecular complexity index is 294. The van der Waals surface area contributed by atoms with Crippen molar-refractivity contribution in [3.63, 3.8) is 0 Å². The van der Waals surface area contributed by atoms with Crippen molar-refractivity contribution < 1.29 is 14.7 Å². The van der Waals surface area contributed by atoms with Crippen molar-refractivity contribution in [3.8, 4) is 0 Å². The first-order valence-electron chi connectivity index (χ1n) is 6.25. The lowest BCUT2D eigenvalue weighted by Gasteiger charge is -2.29. The molecule has 2 atom stereocenters. The highest BCUT2D eigenvalue weighted by Crippen LogP contribution is 2.31. The van der Waals surface area contributed by atoms with E-state index in [9.17, 15) is 14.7 Å². The molecule has 0 spiro atoms. The molecule has 0 bridgehead atoms. The Morgan fingerprint density at radius 2 is 1.89 bits per heavy atom. The van der Waals surface area contributed by atoms with Crippen LogP contribution in [0.15, 0.2) is 0 Å². The zero-order chi connectivity index (χ0) is 14.3. The number of hydrogen-bond donors (Lipinski definition) is 2. The summed E-state index contributed by atoms with van der Waals surface area (Å²) >= 11 is 1.73. The normalized spacial score (nSPS) is 16.1. The van der Waals surface area contributed by atoms with E-state index in [1.807, 2.05) is 27.0 Å². The molecule has 0 heterocycles. The van der Waals surface area contributed by atoms with Crippen LogP contribution in [0.3, 0.4) is 0 Å². The Kier molecular flexibility index (Phi) is 7.36. The molecule has 0 aliphatic heterocycles. The quantitative estimate of drug-likeness (QED) is 0.714. The fourth-order valence-electron chi connectivity index (χ4n) is 1.55. The van der Waals surface area contributed by atoms with Crippen LogP contribution < -0.4 is 5.32 Å². The van der Waals surface area contributed by atoms with Gasteiger partial charge in [0.05, 0.1) is 5.41 Å². The Hall–Kier alpha value is -0.710. The summed E-state index contributed by atoms with van der Waals surface area (Å²) in [6.45, 7) is 7.24. The van der Waals surface area contributed by atoms with E-state index in [4.69, 9.17) is 0 Å². The summed E-state index contributed by atoms with van der Waals surface area (Å²) in [5.41, 5.74) is -0.997. The Morgan fingerprint density at radius 1 is 1.33 bits per heavy atom. The Balaban J connectivity index is 4.40. The second kappa shape index (κ2) is 7.67. The van der Waals surface area contributed by atoms with Gasteiger partial charge in [0.1, 0.15) is 0 Å². The number of carbonyl (C=O) groups is 2. The van der Waals surface area contributed by atoms with Crippen molar-refractivity contribution in [1.82, 2.24) is 5.32 Å². The molecule has 0 saturated carbocycles. The maximum atomic E-state index is 11.9. The molecule has 2 unspecified atom stereocenters. The van der Waals surface area contributed by atoms with Crippen molar-refractivity contribution in [2.45, 2.75) is 46.6 Å². The summed E-state index contributed by atoms with van der Waals surface area (Å²) in [7, 11) is 0. The van der Waals surface area contributed by atoms with Gasteiger partial charge in [-0.05, 0) is 38.2 Å². The van der Waals surface area contributed by atoms with E-state index in [-0.39, 0.29) is 24.3 Å². The largest absolute Gasteiger partial charge is 0.481 e. The number of carboxylic acid groups (broad SMARTS) is 1. The molecule has 0 fully saturated rings. The third-order valence-corrected chi connectivity index (χ3v) is 4.10. The average molecular weight is 275 g/mol. The average Bonchev–Trinajstić information content (AvgIpc) is 2.25. The monoisotopic (exact) mass is 275 g/mol. The summed E-state index contributed by atoms with van der Waals surface area (Å²) in [6.07, 6.45) is 2.96. The molecule has 0 aliphatic carbocycles. The van der Waals surface area contributed by atoms with Gasteiger partial charge < -0.3 is 10.4 Å². The van der Waals surface area contributed by atoms with Gasteiger partial charge in [0.25, 0.3) is 0 Å². The van der Waals surface area contributed by atoms with Crippen LogP contribution in [-0.2, 0) is 9.59 Å². The maximum Gasteiger partial charge on any atom is 0.310 e. The molecule has 0 saturated heterocycles. The van der Waals surface area contributed by atoms with Crippen molar-refractivity contribution in [1.29, 1.82) is 0 Å². The van der Waals surface area contributed by atoms with Crippen molar-refractivity contribution in [2.24, 2.45) is 11.3 Å². The van der Waals surface area contributed by atoms with Gasteiger partial charge in [0.15, 0.2) is 0 Å². The molecule has 2 N–H and O–H groups in total. The number of carbonyl (C=O) groups excluding carboxylic acids is 1. The molecule has 18 heavy (non-hydrogen) atoms. The first-order valence-corrected chi connectivity index (χ1v) is 7.65. The van der Waals surface area contributed by atoms with Crippen LogP contribution in [0.25, 0.3) is 0 Å². The highest BCUT2D eigenvalue weighted by molar-refractivity contribution is 7.98. The molecule has 4 nitrogen and oxygen atoms in total. The number of amides is 1. The lowest BCUT2D eigenvalue weighted by molar-refractivity contribution is -0.153. The van der Waals surface area contributed by atoms with Gasteiger partial charge in [-0.15, -0.1) is 0 Å². The third-order valence-electron chi connectivity index (χ3n) is 3.45. The summed E-state index contributed by atoms with van der Waals surface area (Å²) in [4.78, 5) is 23.1. The minimum Gasteiger partial charge on any atom is -0.481 e. The lowest BCUT2D eigenvalue weighted by Crippen LogP contribution is -2.41. The van der Waals surface area contributed by atoms with E-state index in [0.29, 0.717) is 0 Å². The molecule has 0 radical (unpaired) electrons. The number of rotatable bonds is 8. The van der Waals surface area contributed by atoms with E-state index in [1.54, 1.807) is 18.7 Å². The standard InChI is InChI=1S/C13H25NO3S/c1-9(2)13(4,12(16)17)8-11(15)14-10(3)6-7-18-5/h9-10H,6-8H2,1-5H3,(H,14,15)(H,16,17). The summed E-state index contributed by atoms with van der Waals surface area (Å²) < 4.78 is 0. The van der Waals surface area contributed by atoms with E-state index < -0.39 is 11.4 Å². The Morgan fingerprint density at radius 3 is 2.28 bits per heavy atom. The van der Waals surface area contributed by atoms with Gasteiger partial charge >= 0.3 is 5.97 Å². The van der Waals surface area contributed by atoms with E-state index in [2.05, 4.69) is 5.32 Å². The first-order chi connectivity index (χ1) is 8.24. The van der Waals surface area contributed by atoms with Gasteiger partial charge in [-0.2, -0.15) is 11.8 Å². The van der Waals surface area contributed by atoms with Crippen molar-refractivity contribution in [3.05, 3.63) is 0 Å². The molecule has 0 aromatic heterocycles. The van der Waals surface area contributed by atoms with Crippen LogP contribution in [0, 0.1) is 11.3 Å². The van der Waals surface area contributed by atoms with Gasteiger partial charge in [0, 0.05) is 12.5 Å². The van der Waals surface area contributed by atoms with E-state index in [1.165, 1.54) is 0 Å². The second-order valence-corrected chi connectivity index (χ2v) is 6.29. The van der Waals surface area contributed by atoms with Crippen LogP contribution in [-0.4, -0.2) is 35.0 Å². The van der Waals surface area contributed by atoms with Crippen molar-refractivity contribution >= 4 is 23.6 Å². The lowest BCUT2D eigenvalue weighted by atomic mass is 9.76. The van der Waals surface area contributed by atoms with Crippen LogP contribution in [0.1, 0.15) is 40.5 Å². The van der Waals surface area contributed by atoms with Gasteiger partial charge in [-0.25, -0.2) is 0 Å². The minimum absolute atomic E-state index is 0.0314. The minimum atomic E-state index is -0.997. The summed E-state index contributed by atoms with van der Waals surface area (Å²) in [6, 6.07) is 0.0927. The molecule has 1 amide bonds. The van der Waals surface area contributed by atoms with Crippen LogP contribution in [0.4, 0.5) is 0 Å². The zero-order valence-electron chi connectivity index (χ0n) is 11.9. The van der Waals surface area contributed by atoms with Crippen LogP contribution in [0.5, 0.6) is 0 Å². The molecule has 5 heteroatoms. The number of aliphatic carboxylic acids is 1. The SMILES string of the molecule is CSCCC(C)NC(=O)CC(C)(C(=O)O)C(C)C. The molecule has 106 valence electrons. The molecule has 0 aromatic rings. The number of nitrogens with one attached hydrogen (secondary N) is 1. The second-order valence-electron chi connectivity index (χ2n) is 5.30. The third kappa shape index (κ3) is 5.29. The first kappa shape index (κ1) is 17.3. The molecule has 0 rings (SSSR count). The molecule has 0 aliphatic rings. The smallest absolute Gasteiger partial charge is 0.310 e. The van der Waals surface area contributed by atoms with Gasteiger partial charge in [-0.1, -0.05) is 13.8 Å². The number of hydrogen-bond acceptors (Lipinski definition) is 3. The predicted molar refractivity (Wildman–Crippen MR) is 75.8 cm³/mol. The topological polar surface area (TPSA) is 66.4 Å². The maximum absolute atomic E-state index is 11.9.